The summed E-state index contributed by atoms with van der Waals surface area (Å²) in [6.07, 6.45) is 13.6. The van der Waals surface area contributed by atoms with Gasteiger partial charge in [-0.15, -0.1) is 0 Å². The van der Waals surface area contributed by atoms with E-state index in [1.807, 2.05) is 0 Å². The van der Waals surface area contributed by atoms with Crippen LogP contribution in [0.15, 0.2) is 0 Å². The summed E-state index contributed by atoms with van der Waals surface area (Å²) in [7, 11) is -5.73. The van der Waals surface area contributed by atoms with Crippen LogP contribution in [0.1, 0.15) is 64.7 Å². The molecule has 1 unspecified atom stereocenters. The summed E-state index contributed by atoms with van der Waals surface area (Å²) in [5.74, 6) is 1.39. The molecule has 1 saturated carbocycles. The number of halogens is 3. The van der Waals surface area contributed by atoms with Gasteiger partial charge in [0.25, 0.3) is 0 Å². The van der Waals surface area contributed by atoms with Crippen LogP contribution in [0.2, 0.25) is 0 Å². The van der Waals surface area contributed by atoms with Crippen molar-refractivity contribution < 1.29 is 30.9 Å². The standard InChI is InChI=1S/C14H27OS.CHF3O3S/c1-3-4-6-9-13(15)12-16(2)14-10-7-5-8-11-14;2-1(3,4)8(5,6)7/h14H,3-12H2,1-2H3;(H,5,6,7)/q+1;/p-1. The molecule has 1 rings (SSSR count). The molecular weight excluding hydrogens is 365 g/mol. The molecule has 0 aromatic carbocycles. The molecule has 0 N–H and O–H groups in total. The number of ketones is 1. The molecule has 144 valence electrons. The Labute approximate surface area is 145 Å². The summed E-state index contributed by atoms with van der Waals surface area (Å²) in [4.78, 5) is 11.8. The second kappa shape index (κ2) is 11.4. The highest BCUT2D eigenvalue weighted by Crippen LogP contribution is 2.24. The summed E-state index contributed by atoms with van der Waals surface area (Å²) in [5.41, 5.74) is -5.65. The predicted octanol–water partition coefficient (Wildman–Crippen LogP) is 3.77. The quantitative estimate of drug-likeness (QED) is 0.286. The normalized spacial score (nSPS) is 17.8. The smallest absolute Gasteiger partial charge is 0.485 e. The fraction of sp³-hybridized carbons (Fsp3) is 0.933. The van der Waals surface area contributed by atoms with Crippen molar-refractivity contribution >= 4 is 26.8 Å². The molecule has 1 aliphatic rings. The highest BCUT2D eigenvalue weighted by atomic mass is 32.2. The Morgan fingerprint density at radius 2 is 1.67 bits per heavy atom. The van der Waals surface area contributed by atoms with Gasteiger partial charge in [-0.25, -0.2) is 8.42 Å². The molecule has 0 radical (unpaired) electrons. The highest BCUT2D eigenvalue weighted by molar-refractivity contribution is 7.97. The van der Waals surface area contributed by atoms with E-state index in [1.165, 1.54) is 44.9 Å². The minimum Gasteiger partial charge on any atom is -0.741 e. The van der Waals surface area contributed by atoms with E-state index < -0.39 is 15.6 Å². The van der Waals surface area contributed by atoms with Gasteiger partial charge in [0.05, 0.1) is 6.26 Å². The van der Waals surface area contributed by atoms with Gasteiger partial charge in [-0.3, -0.25) is 4.79 Å². The molecular formula is C15H27F3O4S2. The van der Waals surface area contributed by atoms with E-state index in [2.05, 4.69) is 13.2 Å². The largest absolute Gasteiger partial charge is 0.741 e. The van der Waals surface area contributed by atoms with Crippen molar-refractivity contribution in [1.29, 1.82) is 0 Å². The summed E-state index contributed by atoms with van der Waals surface area (Å²) in [6, 6.07) is 0. The molecule has 0 heterocycles. The fourth-order valence-corrected chi connectivity index (χ4v) is 4.51. The van der Waals surface area contributed by atoms with Crippen LogP contribution in [0.25, 0.3) is 0 Å². The summed E-state index contributed by atoms with van der Waals surface area (Å²) in [6.45, 7) is 2.19. The first-order chi connectivity index (χ1) is 11.0. The second-order valence-corrected chi connectivity index (χ2v) is 9.70. The average Bonchev–Trinajstić information content (AvgIpc) is 2.47. The first-order valence-corrected chi connectivity index (χ1v) is 11.4. The number of hydrogen-bond acceptors (Lipinski definition) is 4. The van der Waals surface area contributed by atoms with Crippen LogP contribution in [0.4, 0.5) is 13.2 Å². The van der Waals surface area contributed by atoms with Crippen LogP contribution < -0.4 is 0 Å². The second-order valence-electron chi connectivity index (χ2n) is 5.99. The van der Waals surface area contributed by atoms with E-state index >= 15 is 0 Å². The van der Waals surface area contributed by atoms with Gasteiger partial charge in [0, 0.05) is 6.42 Å². The maximum Gasteiger partial charge on any atom is 0.485 e. The SMILES string of the molecule is CCCCCC(=O)C[S+](C)C1CCCCC1.O=S(=O)([O-])C(F)(F)F. The van der Waals surface area contributed by atoms with Crippen molar-refractivity contribution in [2.45, 2.75) is 75.5 Å². The van der Waals surface area contributed by atoms with Gasteiger partial charge in [-0.2, -0.15) is 13.2 Å². The van der Waals surface area contributed by atoms with Crippen LogP contribution >= 0.6 is 0 Å². The van der Waals surface area contributed by atoms with Gasteiger partial charge in [-0.05, 0) is 43.0 Å². The van der Waals surface area contributed by atoms with E-state index in [9.17, 15) is 18.0 Å². The van der Waals surface area contributed by atoms with Gasteiger partial charge in [0.2, 0.25) is 0 Å². The van der Waals surface area contributed by atoms with Gasteiger partial charge < -0.3 is 4.55 Å². The molecule has 0 aromatic heterocycles. The van der Waals surface area contributed by atoms with E-state index in [-0.39, 0.29) is 0 Å². The lowest BCUT2D eigenvalue weighted by Gasteiger charge is -2.20. The van der Waals surface area contributed by atoms with E-state index in [1.54, 1.807) is 0 Å². The summed E-state index contributed by atoms with van der Waals surface area (Å²) >= 11 is 0. The number of Topliss-reactive ketones (excluding diaryl/α,β-unsaturated/α-hetero) is 1. The van der Waals surface area contributed by atoms with Crippen molar-refractivity contribution in [3.63, 3.8) is 0 Å². The molecule has 1 atom stereocenters. The van der Waals surface area contributed by atoms with Crippen molar-refractivity contribution in [2.75, 3.05) is 12.0 Å². The Hall–Kier alpha value is -0.280. The molecule has 9 heteroatoms. The van der Waals surface area contributed by atoms with Gasteiger partial charge >= 0.3 is 5.51 Å². The molecule has 0 spiro atoms. The molecule has 0 aliphatic heterocycles. The van der Waals surface area contributed by atoms with Gasteiger partial charge in [-0.1, -0.05) is 26.2 Å². The summed E-state index contributed by atoms with van der Waals surface area (Å²) in [5, 5.41) is 0.865. The molecule has 0 amide bonds. The first-order valence-electron chi connectivity index (χ1n) is 8.14. The molecule has 24 heavy (non-hydrogen) atoms. The number of alkyl halides is 3. The van der Waals surface area contributed by atoms with E-state index in [0.717, 1.165) is 23.8 Å². The molecule has 0 aromatic rings. The van der Waals surface area contributed by atoms with Crippen molar-refractivity contribution in [3.05, 3.63) is 0 Å². The Balaban J connectivity index is 0.000000561. The summed E-state index contributed by atoms with van der Waals surface area (Å²) < 4.78 is 58.9. The third-order valence-corrected chi connectivity index (χ3v) is 6.81. The van der Waals surface area contributed by atoms with Crippen LogP contribution in [-0.4, -0.2) is 41.5 Å². The Bertz CT molecular complexity index is 458. The number of unbranched alkanes of at least 4 members (excludes halogenated alkanes) is 2. The maximum absolute atomic E-state index is 11.8. The van der Waals surface area contributed by atoms with Gasteiger partial charge in [0.15, 0.2) is 21.7 Å². The Morgan fingerprint density at radius 1 is 1.17 bits per heavy atom. The maximum atomic E-state index is 11.8. The number of rotatable bonds is 7. The van der Waals surface area contributed by atoms with E-state index in [4.69, 9.17) is 13.0 Å². The molecule has 0 bridgehead atoms. The zero-order chi connectivity index (χ0) is 18.8. The van der Waals surface area contributed by atoms with Crippen molar-refractivity contribution in [3.8, 4) is 0 Å². The number of carbonyl (C=O) groups excluding carboxylic acids is 1. The lowest BCUT2D eigenvalue weighted by Crippen LogP contribution is -2.29. The van der Waals surface area contributed by atoms with Crippen molar-refractivity contribution in [2.24, 2.45) is 0 Å². The fourth-order valence-electron chi connectivity index (χ4n) is 2.48. The zero-order valence-electron chi connectivity index (χ0n) is 14.2. The predicted molar refractivity (Wildman–Crippen MR) is 89.9 cm³/mol. The molecule has 1 aliphatic carbocycles. The van der Waals surface area contributed by atoms with Crippen LogP contribution in [0.5, 0.6) is 0 Å². The third-order valence-electron chi connectivity index (χ3n) is 3.85. The monoisotopic (exact) mass is 392 g/mol. The van der Waals surface area contributed by atoms with Crippen LogP contribution in [0.3, 0.4) is 0 Å². The number of carbonyl (C=O) groups is 1. The topological polar surface area (TPSA) is 74.3 Å². The Morgan fingerprint density at radius 3 is 2.08 bits per heavy atom. The molecule has 1 fully saturated rings. The Kier molecular flexibility index (Phi) is 11.2. The lowest BCUT2D eigenvalue weighted by atomic mass is 10.0. The number of hydrogen-bond donors (Lipinski definition) is 0. The van der Waals surface area contributed by atoms with E-state index in [0.29, 0.717) is 16.7 Å². The molecule has 4 nitrogen and oxygen atoms in total. The first kappa shape index (κ1) is 23.7. The minimum absolute atomic E-state index is 0.358. The highest BCUT2D eigenvalue weighted by Gasteiger charge is 2.37. The average molecular weight is 393 g/mol. The third kappa shape index (κ3) is 10.6. The van der Waals surface area contributed by atoms with Crippen LogP contribution in [-0.2, 0) is 25.8 Å². The van der Waals surface area contributed by atoms with Crippen molar-refractivity contribution in [1.82, 2.24) is 0 Å². The minimum atomic E-state index is -6.09. The van der Waals surface area contributed by atoms with Crippen LogP contribution in [0, 0.1) is 0 Å². The molecule has 0 saturated heterocycles. The van der Waals surface area contributed by atoms with Gasteiger partial charge in [0.1, 0.15) is 5.25 Å². The zero-order valence-corrected chi connectivity index (χ0v) is 15.9. The lowest BCUT2D eigenvalue weighted by molar-refractivity contribution is -0.116.